The van der Waals surface area contributed by atoms with Crippen molar-refractivity contribution >= 4 is 22.7 Å². The fourth-order valence-corrected chi connectivity index (χ4v) is 3.90. The Morgan fingerprint density at radius 1 is 0.821 bits per heavy atom. The summed E-state index contributed by atoms with van der Waals surface area (Å²) in [5.74, 6) is 0. The molecule has 4 aromatic rings. The molecule has 3 aromatic carbocycles. The van der Waals surface area contributed by atoms with Crippen LogP contribution < -0.4 is 5.01 Å². The number of hydrazone groups is 1. The molecule has 1 aromatic heterocycles. The molecule has 0 aliphatic rings. The van der Waals surface area contributed by atoms with Crippen molar-refractivity contribution in [3.63, 3.8) is 0 Å². The van der Waals surface area contributed by atoms with Crippen LogP contribution in [0.25, 0.3) is 10.4 Å². The molecular formula is C24H21N3S. The standard InChI is InChI=1S/C24H21N3S/c1-18-24(28-17-25-18)21-13-15-22(16-14-21)27(2)26-23(19-9-5-3-6-10-19)20-11-7-4-8-12-20/h3-17H,1-2H3. The molecule has 0 saturated carbocycles. The average molecular weight is 384 g/mol. The molecule has 0 atom stereocenters. The highest BCUT2D eigenvalue weighted by molar-refractivity contribution is 7.13. The van der Waals surface area contributed by atoms with Gasteiger partial charge in [-0.25, -0.2) is 4.98 Å². The first-order valence-electron chi connectivity index (χ1n) is 9.16. The zero-order valence-corrected chi connectivity index (χ0v) is 16.7. The second-order valence-corrected chi connectivity index (χ2v) is 7.37. The Kier molecular flexibility index (Phi) is 5.31. The van der Waals surface area contributed by atoms with E-state index in [0.29, 0.717) is 0 Å². The van der Waals surface area contributed by atoms with Crippen molar-refractivity contribution in [2.45, 2.75) is 6.92 Å². The van der Waals surface area contributed by atoms with Gasteiger partial charge in [0, 0.05) is 18.2 Å². The minimum atomic E-state index is 0.950. The third-order valence-electron chi connectivity index (χ3n) is 4.59. The van der Waals surface area contributed by atoms with Gasteiger partial charge in [-0.1, -0.05) is 72.8 Å². The van der Waals surface area contributed by atoms with E-state index in [1.165, 1.54) is 10.4 Å². The van der Waals surface area contributed by atoms with Gasteiger partial charge in [0.25, 0.3) is 0 Å². The molecule has 1 heterocycles. The second-order valence-electron chi connectivity index (χ2n) is 6.52. The molecule has 138 valence electrons. The van der Waals surface area contributed by atoms with E-state index in [2.05, 4.69) is 53.5 Å². The van der Waals surface area contributed by atoms with Crippen LogP contribution in [0.3, 0.4) is 0 Å². The number of aromatic nitrogens is 1. The molecule has 0 N–H and O–H groups in total. The van der Waals surface area contributed by atoms with E-state index in [9.17, 15) is 0 Å². The van der Waals surface area contributed by atoms with Crippen molar-refractivity contribution in [3.8, 4) is 10.4 Å². The highest BCUT2D eigenvalue weighted by atomic mass is 32.1. The normalized spacial score (nSPS) is 10.5. The molecule has 28 heavy (non-hydrogen) atoms. The predicted molar refractivity (Wildman–Crippen MR) is 119 cm³/mol. The zero-order valence-electron chi connectivity index (χ0n) is 15.9. The molecule has 0 aliphatic carbocycles. The van der Waals surface area contributed by atoms with Crippen LogP contribution in [-0.2, 0) is 0 Å². The zero-order chi connectivity index (χ0) is 19.3. The van der Waals surface area contributed by atoms with Gasteiger partial charge >= 0.3 is 0 Å². The number of aryl methyl sites for hydroxylation is 1. The van der Waals surface area contributed by atoms with Crippen molar-refractivity contribution in [2.24, 2.45) is 5.10 Å². The number of nitrogens with zero attached hydrogens (tertiary/aromatic N) is 3. The molecule has 0 radical (unpaired) electrons. The van der Waals surface area contributed by atoms with Gasteiger partial charge in [-0.05, 0) is 24.6 Å². The van der Waals surface area contributed by atoms with Gasteiger partial charge in [0.05, 0.1) is 27.5 Å². The summed E-state index contributed by atoms with van der Waals surface area (Å²) in [6, 6.07) is 29.1. The van der Waals surface area contributed by atoms with Gasteiger partial charge in [0.15, 0.2) is 0 Å². The smallest absolute Gasteiger partial charge is 0.0980 e. The molecule has 0 fully saturated rings. The molecule has 0 spiro atoms. The number of rotatable bonds is 5. The summed E-state index contributed by atoms with van der Waals surface area (Å²) in [5.41, 5.74) is 8.32. The average Bonchev–Trinajstić information content (AvgIpc) is 3.19. The van der Waals surface area contributed by atoms with E-state index in [0.717, 1.165) is 28.2 Å². The lowest BCUT2D eigenvalue weighted by atomic mass is 10.0. The van der Waals surface area contributed by atoms with Crippen molar-refractivity contribution in [1.29, 1.82) is 0 Å². The number of benzene rings is 3. The van der Waals surface area contributed by atoms with Gasteiger partial charge in [-0.15, -0.1) is 11.3 Å². The third kappa shape index (κ3) is 3.87. The van der Waals surface area contributed by atoms with Gasteiger partial charge in [0.2, 0.25) is 0 Å². The van der Waals surface area contributed by atoms with Crippen molar-refractivity contribution in [1.82, 2.24) is 4.98 Å². The van der Waals surface area contributed by atoms with Crippen LogP contribution in [0.1, 0.15) is 16.8 Å². The highest BCUT2D eigenvalue weighted by Crippen LogP contribution is 2.29. The Hall–Kier alpha value is -3.24. The largest absolute Gasteiger partial charge is 0.268 e. The maximum Gasteiger partial charge on any atom is 0.0980 e. The summed E-state index contributed by atoms with van der Waals surface area (Å²) in [7, 11) is 1.98. The summed E-state index contributed by atoms with van der Waals surface area (Å²) in [6.45, 7) is 2.04. The quantitative estimate of drug-likeness (QED) is 0.312. The lowest BCUT2D eigenvalue weighted by molar-refractivity contribution is 1.02. The maximum atomic E-state index is 4.94. The third-order valence-corrected chi connectivity index (χ3v) is 5.57. The molecule has 0 amide bonds. The Morgan fingerprint density at radius 3 is 1.89 bits per heavy atom. The van der Waals surface area contributed by atoms with Crippen LogP contribution in [0.2, 0.25) is 0 Å². The summed E-state index contributed by atoms with van der Waals surface area (Å²) >= 11 is 1.67. The number of hydrogen-bond acceptors (Lipinski definition) is 4. The van der Waals surface area contributed by atoms with Crippen LogP contribution in [0.15, 0.2) is 95.5 Å². The number of anilines is 1. The first-order valence-corrected chi connectivity index (χ1v) is 10.0. The molecule has 0 bridgehead atoms. The fourth-order valence-electron chi connectivity index (χ4n) is 3.09. The summed E-state index contributed by atoms with van der Waals surface area (Å²) in [5, 5.41) is 6.87. The number of hydrogen-bond donors (Lipinski definition) is 0. The van der Waals surface area contributed by atoms with Crippen LogP contribution in [-0.4, -0.2) is 17.7 Å². The molecule has 0 saturated heterocycles. The fraction of sp³-hybridized carbons (Fsp3) is 0.0833. The Morgan fingerprint density at radius 2 is 1.39 bits per heavy atom. The summed E-state index contributed by atoms with van der Waals surface area (Å²) in [6.07, 6.45) is 0. The van der Waals surface area contributed by atoms with E-state index in [-0.39, 0.29) is 0 Å². The lowest BCUT2D eigenvalue weighted by Gasteiger charge is -2.17. The minimum absolute atomic E-state index is 0.950. The van der Waals surface area contributed by atoms with Gasteiger partial charge in [0.1, 0.15) is 0 Å². The molecule has 3 nitrogen and oxygen atoms in total. The predicted octanol–water partition coefficient (Wildman–Crippen LogP) is 6.01. The van der Waals surface area contributed by atoms with Crippen molar-refractivity contribution in [2.75, 3.05) is 12.1 Å². The summed E-state index contributed by atoms with van der Waals surface area (Å²) in [4.78, 5) is 5.56. The van der Waals surface area contributed by atoms with Crippen molar-refractivity contribution in [3.05, 3.63) is 107 Å². The SMILES string of the molecule is Cc1ncsc1-c1ccc(N(C)N=C(c2ccccc2)c2ccccc2)cc1. The van der Waals surface area contributed by atoms with Crippen LogP contribution in [0.5, 0.6) is 0 Å². The topological polar surface area (TPSA) is 28.5 Å². The van der Waals surface area contributed by atoms with E-state index < -0.39 is 0 Å². The Balaban J connectivity index is 1.68. The molecular weight excluding hydrogens is 362 g/mol. The van der Waals surface area contributed by atoms with Gasteiger partial charge < -0.3 is 0 Å². The van der Waals surface area contributed by atoms with E-state index in [1.807, 2.05) is 60.9 Å². The van der Waals surface area contributed by atoms with Crippen molar-refractivity contribution < 1.29 is 0 Å². The van der Waals surface area contributed by atoms with Crippen LogP contribution >= 0.6 is 11.3 Å². The van der Waals surface area contributed by atoms with Gasteiger partial charge in [-0.3, -0.25) is 5.01 Å². The summed E-state index contributed by atoms with van der Waals surface area (Å²) < 4.78 is 0. The molecule has 0 unspecified atom stereocenters. The first kappa shape index (κ1) is 18.1. The monoisotopic (exact) mass is 383 g/mol. The first-order chi connectivity index (χ1) is 13.7. The number of thiazole rings is 1. The van der Waals surface area contributed by atoms with E-state index >= 15 is 0 Å². The molecule has 4 heteroatoms. The Bertz CT molecular complexity index is 1030. The molecule has 0 aliphatic heterocycles. The lowest BCUT2D eigenvalue weighted by Crippen LogP contribution is -2.15. The van der Waals surface area contributed by atoms with Crippen LogP contribution in [0, 0.1) is 6.92 Å². The highest BCUT2D eigenvalue weighted by Gasteiger charge is 2.10. The second kappa shape index (κ2) is 8.19. The van der Waals surface area contributed by atoms with E-state index in [1.54, 1.807) is 11.3 Å². The van der Waals surface area contributed by atoms with Crippen LogP contribution in [0.4, 0.5) is 5.69 Å². The molecule has 4 rings (SSSR count). The Labute approximate surface area is 169 Å². The maximum absolute atomic E-state index is 4.94. The van der Waals surface area contributed by atoms with Gasteiger partial charge in [-0.2, -0.15) is 5.10 Å². The minimum Gasteiger partial charge on any atom is -0.268 e. The van der Waals surface area contributed by atoms with E-state index in [4.69, 9.17) is 5.10 Å².